The second-order valence-corrected chi connectivity index (χ2v) is 14.1. The van der Waals surface area contributed by atoms with Gasteiger partial charge in [-0.05, 0) is 59.6 Å². The summed E-state index contributed by atoms with van der Waals surface area (Å²) in [6, 6.07) is 31.2. The number of rotatable bonds is 15. The Morgan fingerprint density at radius 1 is 0.702 bits per heavy atom. The highest BCUT2D eigenvalue weighted by atomic mass is 19.2. The van der Waals surface area contributed by atoms with Crippen molar-refractivity contribution in [3.63, 3.8) is 0 Å². The normalized spacial score (nSPS) is 12.9. The summed E-state index contributed by atoms with van der Waals surface area (Å²) in [6.07, 6.45) is 6.06. The molecule has 5 aromatic rings. The van der Waals surface area contributed by atoms with Gasteiger partial charge in [0.05, 0.1) is 6.54 Å². The topological polar surface area (TPSA) is 76.2 Å². The summed E-state index contributed by atoms with van der Waals surface area (Å²) in [5.74, 6) is -9.36. The fourth-order valence-electron chi connectivity index (χ4n) is 7.03. The van der Waals surface area contributed by atoms with Crippen molar-refractivity contribution in [1.29, 1.82) is 0 Å². The van der Waals surface area contributed by atoms with E-state index in [1.54, 1.807) is 13.0 Å². The number of hydrogen-bond acceptors (Lipinski definition) is 5. The van der Waals surface area contributed by atoms with Gasteiger partial charge in [0.15, 0.2) is 17.5 Å². The Kier molecular flexibility index (Phi) is 13.7. The standard InChI is InChI=1S/C46H44F4N2O5/c1-2-24-51(45(54)42-38(47)26-39(48)43(49)44(42)50)28-41(53)52(27-31-18-20-35(21-19-31)34-16-10-5-11-17-34)36-22-23-37(46(55)57-30-33-14-8-4-9-15-33)40(25-36)56-29-32-12-6-3-7-13-32/h3-4,6-9,12-15,18-23,25-26,34H,2,5,10-11,16-17,24,27-30H2,1H3. The maximum absolute atomic E-state index is 14.8. The summed E-state index contributed by atoms with van der Waals surface area (Å²) >= 11 is 0. The second-order valence-electron chi connectivity index (χ2n) is 14.1. The van der Waals surface area contributed by atoms with E-state index in [1.165, 1.54) is 41.9 Å². The van der Waals surface area contributed by atoms with Crippen molar-refractivity contribution in [3.05, 3.63) is 166 Å². The summed E-state index contributed by atoms with van der Waals surface area (Å²) in [5.41, 5.74) is 2.69. The maximum atomic E-state index is 14.8. The summed E-state index contributed by atoms with van der Waals surface area (Å²) in [6.45, 7) is 1.03. The average Bonchev–Trinajstić information content (AvgIpc) is 3.24. The molecule has 7 nitrogen and oxygen atoms in total. The van der Waals surface area contributed by atoms with E-state index in [4.69, 9.17) is 9.47 Å². The van der Waals surface area contributed by atoms with Crippen molar-refractivity contribution in [1.82, 2.24) is 4.90 Å². The quantitative estimate of drug-likeness (QED) is 0.0458. The highest BCUT2D eigenvalue weighted by molar-refractivity contribution is 6.01. The molecule has 0 atom stereocenters. The minimum absolute atomic E-state index is 0.0153. The van der Waals surface area contributed by atoms with Gasteiger partial charge < -0.3 is 19.3 Å². The number of nitrogens with zero attached hydrogens (tertiary/aromatic N) is 2. The van der Waals surface area contributed by atoms with E-state index >= 15 is 0 Å². The summed E-state index contributed by atoms with van der Waals surface area (Å²) < 4.78 is 69.5. The Hall–Kier alpha value is -5.97. The highest BCUT2D eigenvalue weighted by Gasteiger charge is 2.31. The van der Waals surface area contributed by atoms with E-state index in [-0.39, 0.29) is 50.1 Å². The predicted octanol–water partition coefficient (Wildman–Crippen LogP) is 10.3. The molecule has 1 saturated carbocycles. The van der Waals surface area contributed by atoms with Crippen molar-refractivity contribution >= 4 is 23.5 Å². The van der Waals surface area contributed by atoms with Crippen LogP contribution in [0.25, 0.3) is 0 Å². The lowest BCUT2D eigenvalue weighted by molar-refractivity contribution is -0.119. The number of anilines is 1. The fraction of sp³-hybridized carbons (Fsp3) is 0.283. The largest absolute Gasteiger partial charge is 0.488 e. The van der Waals surface area contributed by atoms with E-state index in [0.29, 0.717) is 11.6 Å². The molecule has 1 aliphatic rings. The SMILES string of the molecule is CCCN(CC(=O)N(Cc1ccc(C2CCCCC2)cc1)c1ccc(C(=O)OCc2ccccc2)c(OCc2ccccc2)c1)C(=O)c1c(F)cc(F)c(F)c1F. The molecular weight excluding hydrogens is 737 g/mol. The van der Waals surface area contributed by atoms with Gasteiger partial charge in [0.25, 0.3) is 5.91 Å². The van der Waals surface area contributed by atoms with Crippen molar-refractivity contribution in [3.8, 4) is 5.75 Å². The molecule has 2 amide bonds. The Bertz CT molecular complexity index is 2160. The zero-order valence-electron chi connectivity index (χ0n) is 31.7. The van der Waals surface area contributed by atoms with Crippen LogP contribution in [-0.4, -0.2) is 35.8 Å². The molecular formula is C46H44F4N2O5. The van der Waals surface area contributed by atoms with Gasteiger partial charge in [0.1, 0.15) is 42.5 Å². The van der Waals surface area contributed by atoms with Crippen LogP contribution in [0.2, 0.25) is 0 Å². The first kappa shape index (κ1) is 40.7. The van der Waals surface area contributed by atoms with Crippen LogP contribution in [0.4, 0.5) is 23.2 Å². The fourth-order valence-corrected chi connectivity index (χ4v) is 7.03. The molecule has 0 bridgehead atoms. The van der Waals surface area contributed by atoms with Gasteiger partial charge in [0.2, 0.25) is 5.91 Å². The first-order valence-electron chi connectivity index (χ1n) is 19.2. The lowest BCUT2D eigenvalue weighted by Gasteiger charge is -2.29. The number of carbonyl (C=O) groups excluding carboxylic acids is 3. The van der Waals surface area contributed by atoms with Crippen LogP contribution >= 0.6 is 0 Å². The van der Waals surface area contributed by atoms with Crippen molar-refractivity contribution in [2.24, 2.45) is 0 Å². The average molecular weight is 781 g/mol. The summed E-state index contributed by atoms with van der Waals surface area (Å²) in [7, 11) is 0. The minimum atomic E-state index is -1.99. The van der Waals surface area contributed by atoms with Crippen molar-refractivity contribution < 1.29 is 41.4 Å². The molecule has 0 aliphatic heterocycles. The minimum Gasteiger partial charge on any atom is -0.488 e. The van der Waals surface area contributed by atoms with Crippen LogP contribution in [0.3, 0.4) is 0 Å². The number of ether oxygens (including phenoxy) is 2. The maximum Gasteiger partial charge on any atom is 0.342 e. The van der Waals surface area contributed by atoms with Crippen LogP contribution in [0.5, 0.6) is 5.75 Å². The predicted molar refractivity (Wildman–Crippen MR) is 209 cm³/mol. The van der Waals surface area contributed by atoms with Gasteiger partial charge in [-0.25, -0.2) is 22.4 Å². The van der Waals surface area contributed by atoms with Crippen LogP contribution in [0.1, 0.15) is 94.3 Å². The lowest BCUT2D eigenvalue weighted by atomic mass is 9.84. The highest BCUT2D eigenvalue weighted by Crippen LogP contribution is 2.34. The number of halogens is 4. The first-order chi connectivity index (χ1) is 27.6. The van der Waals surface area contributed by atoms with Crippen molar-refractivity contribution in [2.45, 2.75) is 71.1 Å². The van der Waals surface area contributed by atoms with Gasteiger partial charge in [-0.2, -0.15) is 0 Å². The molecule has 0 saturated heterocycles. The Balaban J connectivity index is 1.34. The molecule has 1 fully saturated rings. The van der Waals surface area contributed by atoms with Crippen LogP contribution < -0.4 is 9.64 Å². The molecule has 0 spiro atoms. The molecule has 5 aromatic carbocycles. The van der Waals surface area contributed by atoms with Gasteiger partial charge in [-0.3, -0.25) is 9.59 Å². The monoisotopic (exact) mass is 780 g/mol. The Morgan fingerprint density at radius 2 is 1.35 bits per heavy atom. The molecule has 0 unspecified atom stereocenters. The summed E-state index contributed by atoms with van der Waals surface area (Å²) in [5, 5.41) is 0. The number of benzene rings is 5. The van der Waals surface area contributed by atoms with E-state index in [2.05, 4.69) is 12.1 Å². The molecule has 57 heavy (non-hydrogen) atoms. The van der Waals surface area contributed by atoms with Crippen LogP contribution in [0, 0.1) is 23.3 Å². The van der Waals surface area contributed by atoms with Crippen LogP contribution in [-0.2, 0) is 29.3 Å². The Morgan fingerprint density at radius 3 is 2.00 bits per heavy atom. The number of carbonyl (C=O) groups is 3. The van der Waals surface area contributed by atoms with E-state index in [9.17, 15) is 31.9 Å². The number of hydrogen-bond donors (Lipinski definition) is 0. The first-order valence-corrected chi connectivity index (χ1v) is 19.2. The van der Waals surface area contributed by atoms with E-state index in [1.807, 2.05) is 72.8 Å². The molecule has 0 radical (unpaired) electrons. The smallest absolute Gasteiger partial charge is 0.342 e. The summed E-state index contributed by atoms with van der Waals surface area (Å²) in [4.78, 5) is 43.8. The number of amides is 2. The second kappa shape index (κ2) is 19.3. The number of esters is 1. The molecule has 11 heteroatoms. The Labute approximate surface area is 329 Å². The zero-order chi connectivity index (χ0) is 40.3. The molecule has 1 aliphatic carbocycles. The third kappa shape index (κ3) is 10.3. The third-order valence-corrected chi connectivity index (χ3v) is 10.1. The van der Waals surface area contributed by atoms with Gasteiger partial charge in [-0.15, -0.1) is 0 Å². The van der Waals surface area contributed by atoms with Crippen molar-refractivity contribution in [2.75, 3.05) is 18.0 Å². The molecule has 0 heterocycles. The van der Waals surface area contributed by atoms with E-state index in [0.717, 1.165) is 34.4 Å². The van der Waals surface area contributed by atoms with Gasteiger partial charge in [-0.1, -0.05) is 111 Å². The van der Waals surface area contributed by atoms with E-state index < -0.39 is 53.2 Å². The molecule has 6 rings (SSSR count). The van der Waals surface area contributed by atoms with Gasteiger partial charge in [0, 0.05) is 24.4 Å². The van der Waals surface area contributed by atoms with Gasteiger partial charge >= 0.3 is 5.97 Å². The third-order valence-electron chi connectivity index (χ3n) is 10.1. The van der Waals surface area contributed by atoms with Crippen LogP contribution in [0.15, 0.2) is 109 Å². The lowest BCUT2D eigenvalue weighted by Crippen LogP contribution is -2.43. The molecule has 0 N–H and O–H groups in total. The zero-order valence-corrected chi connectivity index (χ0v) is 31.7. The molecule has 0 aromatic heterocycles. The molecule has 296 valence electrons.